The number of nitrogens with zero attached hydrogens (tertiary/aromatic N) is 2. The lowest BCUT2D eigenvalue weighted by Gasteiger charge is -2.12. The van der Waals surface area contributed by atoms with E-state index in [1.54, 1.807) is 24.3 Å². The first kappa shape index (κ1) is 11.7. The predicted molar refractivity (Wildman–Crippen MR) is 71.2 cm³/mol. The molecule has 1 aromatic heterocycles. The van der Waals surface area contributed by atoms with Gasteiger partial charge in [0.1, 0.15) is 5.82 Å². The summed E-state index contributed by atoms with van der Waals surface area (Å²) >= 11 is 5.73. The summed E-state index contributed by atoms with van der Waals surface area (Å²) in [6.07, 6.45) is 1.38. The van der Waals surface area contributed by atoms with Crippen molar-refractivity contribution in [1.82, 2.24) is 4.98 Å². The number of aromatic nitrogens is 1. The highest BCUT2D eigenvalue weighted by Gasteiger charge is 2.38. The van der Waals surface area contributed by atoms with E-state index in [1.165, 1.54) is 12.3 Å². The number of imide groups is 1. The van der Waals surface area contributed by atoms with Crippen molar-refractivity contribution in [2.45, 2.75) is 0 Å². The monoisotopic (exact) mass is 273 g/mol. The Morgan fingerprint density at radius 2 is 1.89 bits per heavy atom. The number of fused-ring (bicyclic) bond motifs is 1. The van der Waals surface area contributed by atoms with Crippen molar-refractivity contribution in [1.29, 1.82) is 0 Å². The molecule has 2 aromatic rings. The van der Waals surface area contributed by atoms with Gasteiger partial charge in [-0.1, -0.05) is 17.7 Å². The number of anilines is 2. The Kier molecular flexibility index (Phi) is 2.50. The van der Waals surface area contributed by atoms with Gasteiger partial charge in [-0.15, -0.1) is 0 Å². The first-order valence-electron chi connectivity index (χ1n) is 5.48. The molecule has 0 spiro atoms. The third kappa shape index (κ3) is 1.67. The molecule has 0 bridgehead atoms. The van der Waals surface area contributed by atoms with Crippen LogP contribution in [0.2, 0.25) is 5.02 Å². The number of carbonyl (C=O) groups excluding carboxylic acids is 2. The molecular weight excluding hydrogens is 266 g/mol. The molecule has 1 aliphatic rings. The van der Waals surface area contributed by atoms with Gasteiger partial charge in [-0.3, -0.25) is 9.59 Å². The molecule has 5 nitrogen and oxygen atoms in total. The second-order valence-corrected chi connectivity index (χ2v) is 4.49. The highest BCUT2D eigenvalue weighted by atomic mass is 35.5. The summed E-state index contributed by atoms with van der Waals surface area (Å²) in [6, 6.07) is 7.87. The lowest BCUT2D eigenvalue weighted by molar-refractivity contribution is 0.0925. The van der Waals surface area contributed by atoms with Gasteiger partial charge in [0, 0.05) is 11.9 Å². The van der Waals surface area contributed by atoms with Gasteiger partial charge in [0.25, 0.3) is 11.8 Å². The van der Waals surface area contributed by atoms with Gasteiger partial charge in [0.2, 0.25) is 0 Å². The van der Waals surface area contributed by atoms with Crippen LogP contribution in [0, 0.1) is 0 Å². The van der Waals surface area contributed by atoms with Crippen molar-refractivity contribution < 1.29 is 9.59 Å². The average molecular weight is 274 g/mol. The Hall–Kier alpha value is -2.40. The Morgan fingerprint density at radius 3 is 2.53 bits per heavy atom. The topological polar surface area (TPSA) is 76.3 Å². The molecular formula is C13H8ClN3O2. The van der Waals surface area contributed by atoms with Crippen molar-refractivity contribution >= 4 is 34.9 Å². The third-order valence-electron chi connectivity index (χ3n) is 2.89. The zero-order valence-corrected chi connectivity index (χ0v) is 10.4. The van der Waals surface area contributed by atoms with Crippen LogP contribution >= 0.6 is 11.6 Å². The normalized spacial score (nSPS) is 13.8. The van der Waals surface area contributed by atoms with Gasteiger partial charge in [-0.05, 0) is 24.3 Å². The third-order valence-corrected chi connectivity index (χ3v) is 3.11. The standard InChI is InChI=1S/C13H8ClN3O2/c14-7-4-5-10(16-6-7)17-12(18)8-2-1-3-9(15)11(8)13(17)19/h1-6H,15H2. The van der Waals surface area contributed by atoms with E-state index in [2.05, 4.69) is 4.98 Å². The molecule has 2 N–H and O–H groups in total. The van der Waals surface area contributed by atoms with Gasteiger partial charge in [0.15, 0.2) is 0 Å². The molecule has 0 unspecified atom stereocenters. The van der Waals surface area contributed by atoms with Crippen LogP contribution in [0.5, 0.6) is 0 Å². The fourth-order valence-electron chi connectivity index (χ4n) is 2.02. The number of hydrogen-bond acceptors (Lipinski definition) is 4. The van der Waals surface area contributed by atoms with Gasteiger partial charge in [-0.2, -0.15) is 0 Å². The highest BCUT2D eigenvalue weighted by molar-refractivity contribution is 6.35. The Bertz CT molecular complexity index is 698. The van der Waals surface area contributed by atoms with E-state index in [4.69, 9.17) is 17.3 Å². The lowest BCUT2D eigenvalue weighted by Crippen LogP contribution is -2.30. The minimum absolute atomic E-state index is 0.226. The summed E-state index contributed by atoms with van der Waals surface area (Å²) in [5.74, 6) is -0.662. The number of hydrogen-bond donors (Lipinski definition) is 1. The number of amides is 2. The van der Waals surface area contributed by atoms with Gasteiger partial charge >= 0.3 is 0 Å². The van der Waals surface area contributed by atoms with Crippen molar-refractivity contribution in [3.63, 3.8) is 0 Å². The van der Waals surface area contributed by atoms with Gasteiger partial charge in [-0.25, -0.2) is 9.88 Å². The smallest absolute Gasteiger partial charge is 0.269 e. The molecule has 0 fully saturated rings. The fraction of sp³-hybridized carbons (Fsp3) is 0. The molecule has 2 heterocycles. The van der Waals surface area contributed by atoms with Crippen molar-refractivity contribution in [2.24, 2.45) is 0 Å². The molecule has 1 aromatic carbocycles. The zero-order valence-electron chi connectivity index (χ0n) is 9.63. The van der Waals surface area contributed by atoms with Crippen LogP contribution in [-0.4, -0.2) is 16.8 Å². The summed E-state index contributed by atoms with van der Waals surface area (Å²) in [5.41, 5.74) is 6.55. The van der Waals surface area contributed by atoms with Crippen LogP contribution in [0.1, 0.15) is 20.7 Å². The van der Waals surface area contributed by atoms with E-state index in [1.807, 2.05) is 0 Å². The number of nitrogen functional groups attached to an aromatic ring is 1. The van der Waals surface area contributed by atoms with Crippen molar-refractivity contribution in [3.05, 3.63) is 52.7 Å². The molecule has 3 rings (SSSR count). The quantitative estimate of drug-likeness (QED) is 0.638. The SMILES string of the molecule is Nc1cccc2c1C(=O)N(c1ccc(Cl)cn1)C2=O. The van der Waals surface area contributed by atoms with E-state index in [0.29, 0.717) is 10.6 Å². The predicted octanol–water partition coefficient (Wildman–Crippen LogP) is 2.12. The molecule has 19 heavy (non-hydrogen) atoms. The molecule has 0 aliphatic carbocycles. The highest BCUT2D eigenvalue weighted by Crippen LogP contribution is 2.30. The number of benzene rings is 1. The Morgan fingerprint density at radius 1 is 1.11 bits per heavy atom. The molecule has 1 aliphatic heterocycles. The second kappa shape index (κ2) is 4.07. The van der Waals surface area contributed by atoms with Crippen LogP contribution in [0.3, 0.4) is 0 Å². The average Bonchev–Trinajstić information content (AvgIpc) is 2.65. The molecule has 0 saturated carbocycles. The second-order valence-electron chi connectivity index (χ2n) is 4.05. The minimum Gasteiger partial charge on any atom is -0.398 e. The van der Waals surface area contributed by atoms with Crippen LogP contribution in [-0.2, 0) is 0 Å². The maximum Gasteiger partial charge on any atom is 0.269 e. The largest absolute Gasteiger partial charge is 0.398 e. The number of carbonyl (C=O) groups is 2. The fourth-order valence-corrected chi connectivity index (χ4v) is 2.13. The van der Waals surface area contributed by atoms with Gasteiger partial charge in [0.05, 0.1) is 16.1 Å². The first-order chi connectivity index (χ1) is 9.09. The van der Waals surface area contributed by atoms with E-state index >= 15 is 0 Å². The van der Waals surface area contributed by atoms with Crippen molar-refractivity contribution in [3.8, 4) is 0 Å². The summed E-state index contributed by atoms with van der Waals surface area (Å²) in [6.45, 7) is 0. The van der Waals surface area contributed by atoms with E-state index in [0.717, 1.165) is 4.90 Å². The Labute approximate surface area is 113 Å². The maximum absolute atomic E-state index is 12.3. The van der Waals surface area contributed by atoms with Crippen LogP contribution < -0.4 is 10.6 Å². The summed E-state index contributed by atoms with van der Waals surface area (Å²) < 4.78 is 0. The number of nitrogens with two attached hydrogens (primary N) is 1. The summed E-state index contributed by atoms with van der Waals surface area (Å²) in [5, 5.41) is 0.430. The zero-order chi connectivity index (χ0) is 13.6. The minimum atomic E-state index is -0.465. The maximum atomic E-state index is 12.3. The lowest BCUT2D eigenvalue weighted by atomic mass is 10.1. The molecule has 2 amide bonds. The first-order valence-corrected chi connectivity index (χ1v) is 5.86. The molecule has 94 valence electrons. The van der Waals surface area contributed by atoms with Crippen LogP contribution in [0.25, 0.3) is 0 Å². The Balaban J connectivity index is 2.13. The van der Waals surface area contributed by atoms with E-state index in [9.17, 15) is 9.59 Å². The van der Waals surface area contributed by atoms with Crippen LogP contribution in [0.4, 0.5) is 11.5 Å². The molecule has 6 heteroatoms. The van der Waals surface area contributed by atoms with E-state index < -0.39 is 11.8 Å². The number of halogens is 1. The van der Waals surface area contributed by atoms with E-state index in [-0.39, 0.29) is 17.1 Å². The number of pyridine rings is 1. The molecule has 0 saturated heterocycles. The molecule has 0 atom stereocenters. The molecule has 0 radical (unpaired) electrons. The van der Waals surface area contributed by atoms with Crippen LogP contribution in [0.15, 0.2) is 36.5 Å². The summed E-state index contributed by atoms with van der Waals surface area (Å²) in [4.78, 5) is 29.5. The number of rotatable bonds is 1. The van der Waals surface area contributed by atoms with Gasteiger partial charge < -0.3 is 5.73 Å². The summed E-state index contributed by atoms with van der Waals surface area (Å²) in [7, 11) is 0. The van der Waals surface area contributed by atoms with Crippen molar-refractivity contribution in [2.75, 3.05) is 10.6 Å².